The van der Waals surface area contributed by atoms with Crippen LogP contribution in [0.4, 0.5) is 0 Å². The van der Waals surface area contributed by atoms with Gasteiger partial charge in [-0.1, -0.05) is 30.3 Å². The highest BCUT2D eigenvalue weighted by Crippen LogP contribution is 2.26. The molecule has 1 heterocycles. The molecule has 1 aliphatic carbocycles. The summed E-state index contributed by atoms with van der Waals surface area (Å²) >= 11 is 0. The molecule has 0 radical (unpaired) electrons. The van der Waals surface area contributed by atoms with E-state index >= 15 is 0 Å². The van der Waals surface area contributed by atoms with Gasteiger partial charge in [0.05, 0.1) is 17.6 Å². The number of ketones is 1. The molecule has 4 nitrogen and oxygen atoms in total. The Morgan fingerprint density at radius 3 is 2.71 bits per heavy atom. The van der Waals surface area contributed by atoms with Crippen molar-refractivity contribution in [3.05, 3.63) is 59.6 Å². The average molecular weight is 280 g/mol. The third kappa shape index (κ3) is 3.16. The predicted octanol–water partition coefficient (Wildman–Crippen LogP) is 3.11. The van der Waals surface area contributed by atoms with Crippen molar-refractivity contribution >= 4 is 11.4 Å². The highest BCUT2D eigenvalue weighted by Gasteiger charge is 2.16. The summed E-state index contributed by atoms with van der Waals surface area (Å²) in [6.45, 7) is 2.32. The minimum Gasteiger partial charge on any atom is -0.471 e. The van der Waals surface area contributed by atoms with Crippen LogP contribution in [0.3, 0.4) is 0 Å². The van der Waals surface area contributed by atoms with E-state index in [0.717, 1.165) is 28.9 Å². The van der Waals surface area contributed by atoms with E-state index in [0.29, 0.717) is 18.9 Å². The quantitative estimate of drug-likeness (QED) is 0.863. The molecule has 0 N–H and O–H groups in total. The molecule has 0 atom stereocenters. The number of aryl methyl sites for hydroxylation is 1. The monoisotopic (exact) mass is 280 g/mol. The molecule has 106 valence electrons. The van der Waals surface area contributed by atoms with Gasteiger partial charge in [0.15, 0.2) is 5.78 Å². The number of hydrogen-bond donors (Lipinski definition) is 0. The van der Waals surface area contributed by atoms with Gasteiger partial charge in [0.1, 0.15) is 6.61 Å². The third-order valence-electron chi connectivity index (χ3n) is 3.44. The van der Waals surface area contributed by atoms with Crippen molar-refractivity contribution in [2.75, 3.05) is 0 Å². The zero-order valence-electron chi connectivity index (χ0n) is 11.9. The lowest BCUT2D eigenvalue weighted by molar-refractivity contribution is -0.114. The van der Waals surface area contributed by atoms with Crippen molar-refractivity contribution in [2.24, 2.45) is 0 Å². The van der Waals surface area contributed by atoms with Gasteiger partial charge in [0.25, 0.3) is 0 Å². The van der Waals surface area contributed by atoms with E-state index in [1.165, 1.54) is 0 Å². The first-order chi connectivity index (χ1) is 10.2. The summed E-state index contributed by atoms with van der Waals surface area (Å²) in [5, 5.41) is 0. The van der Waals surface area contributed by atoms with Crippen LogP contribution in [-0.2, 0) is 11.4 Å². The molecule has 0 fully saturated rings. The van der Waals surface area contributed by atoms with Gasteiger partial charge in [0.2, 0.25) is 5.88 Å². The molecule has 1 aliphatic rings. The standard InChI is InChI=1S/C17H16N2O2/c1-12-17(21-11-13-5-3-2-4-6-13)19-16(10-18-12)14-7-8-15(20)9-14/h2-6,9-10H,7-8,11H2,1H3. The Morgan fingerprint density at radius 2 is 2.00 bits per heavy atom. The van der Waals surface area contributed by atoms with Crippen molar-refractivity contribution in [2.45, 2.75) is 26.4 Å². The van der Waals surface area contributed by atoms with Crippen LogP contribution in [0.25, 0.3) is 5.57 Å². The molecule has 0 amide bonds. The summed E-state index contributed by atoms with van der Waals surface area (Å²) in [6, 6.07) is 9.93. The van der Waals surface area contributed by atoms with Crippen LogP contribution in [0, 0.1) is 6.92 Å². The van der Waals surface area contributed by atoms with Crippen LogP contribution < -0.4 is 4.74 Å². The number of carbonyl (C=O) groups excluding carboxylic acids is 1. The van der Waals surface area contributed by atoms with Crippen LogP contribution >= 0.6 is 0 Å². The molecule has 0 saturated carbocycles. The van der Waals surface area contributed by atoms with Gasteiger partial charge in [-0.3, -0.25) is 9.78 Å². The molecule has 0 aliphatic heterocycles. The average Bonchev–Trinajstić information content (AvgIpc) is 2.94. The van der Waals surface area contributed by atoms with Gasteiger partial charge in [-0.15, -0.1) is 0 Å². The lowest BCUT2D eigenvalue weighted by Crippen LogP contribution is -2.02. The summed E-state index contributed by atoms with van der Waals surface area (Å²) < 4.78 is 5.76. The van der Waals surface area contributed by atoms with Gasteiger partial charge in [0, 0.05) is 6.42 Å². The zero-order chi connectivity index (χ0) is 14.7. The summed E-state index contributed by atoms with van der Waals surface area (Å²) in [7, 11) is 0. The molecule has 4 heteroatoms. The first-order valence-corrected chi connectivity index (χ1v) is 6.96. The van der Waals surface area contributed by atoms with Crippen LogP contribution in [0.5, 0.6) is 5.88 Å². The smallest absolute Gasteiger partial charge is 0.236 e. The molecular formula is C17H16N2O2. The Labute approximate surface area is 123 Å². The van der Waals surface area contributed by atoms with E-state index < -0.39 is 0 Å². The third-order valence-corrected chi connectivity index (χ3v) is 3.44. The fourth-order valence-electron chi connectivity index (χ4n) is 2.25. The first kappa shape index (κ1) is 13.5. The number of ether oxygens (including phenoxy) is 1. The lowest BCUT2D eigenvalue weighted by Gasteiger charge is -2.09. The normalized spacial score (nSPS) is 14.1. The van der Waals surface area contributed by atoms with E-state index in [1.807, 2.05) is 37.3 Å². The Bertz CT molecular complexity index is 693. The minimum absolute atomic E-state index is 0.152. The Hall–Kier alpha value is -2.49. The van der Waals surface area contributed by atoms with Crippen LogP contribution in [0.15, 0.2) is 42.6 Å². The van der Waals surface area contributed by atoms with Crippen LogP contribution in [0.1, 0.15) is 29.8 Å². The topological polar surface area (TPSA) is 52.1 Å². The van der Waals surface area contributed by atoms with Gasteiger partial charge >= 0.3 is 0 Å². The Balaban J connectivity index is 1.78. The summed E-state index contributed by atoms with van der Waals surface area (Å²) in [5.74, 6) is 0.677. The van der Waals surface area contributed by atoms with E-state index in [9.17, 15) is 4.79 Å². The van der Waals surface area contributed by atoms with Gasteiger partial charge in [-0.25, -0.2) is 4.98 Å². The number of allylic oxidation sites excluding steroid dienone is 2. The Morgan fingerprint density at radius 1 is 1.19 bits per heavy atom. The largest absolute Gasteiger partial charge is 0.471 e. The molecule has 1 aromatic carbocycles. The maximum absolute atomic E-state index is 11.3. The summed E-state index contributed by atoms with van der Waals surface area (Å²) in [6.07, 6.45) is 4.65. The van der Waals surface area contributed by atoms with Crippen LogP contribution in [-0.4, -0.2) is 15.8 Å². The highest BCUT2D eigenvalue weighted by atomic mass is 16.5. The van der Waals surface area contributed by atoms with E-state index in [2.05, 4.69) is 9.97 Å². The second-order valence-corrected chi connectivity index (χ2v) is 5.06. The number of benzene rings is 1. The SMILES string of the molecule is Cc1ncc(C2=CC(=O)CC2)nc1OCc1ccccc1. The van der Waals surface area contributed by atoms with Crippen molar-refractivity contribution in [3.8, 4) is 5.88 Å². The van der Waals surface area contributed by atoms with Crippen molar-refractivity contribution < 1.29 is 9.53 Å². The summed E-state index contributed by atoms with van der Waals surface area (Å²) in [5.41, 5.74) is 3.51. The highest BCUT2D eigenvalue weighted by molar-refractivity contribution is 6.01. The maximum Gasteiger partial charge on any atom is 0.236 e. The Kier molecular flexibility index (Phi) is 3.77. The van der Waals surface area contributed by atoms with Crippen molar-refractivity contribution in [1.29, 1.82) is 0 Å². The molecular weight excluding hydrogens is 264 g/mol. The number of hydrogen-bond acceptors (Lipinski definition) is 4. The lowest BCUT2D eigenvalue weighted by atomic mass is 10.2. The molecule has 3 rings (SSSR count). The van der Waals surface area contributed by atoms with Gasteiger partial charge in [-0.2, -0.15) is 0 Å². The number of carbonyl (C=O) groups is 1. The molecule has 0 bridgehead atoms. The molecule has 0 unspecified atom stereocenters. The van der Waals surface area contributed by atoms with Gasteiger partial charge in [-0.05, 0) is 30.6 Å². The molecule has 2 aromatic rings. The molecule has 0 spiro atoms. The molecule has 21 heavy (non-hydrogen) atoms. The number of aromatic nitrogens is 2. The summed E-state index contributed by atoms with van der Waals surface area (Å²) in [4.78, 5) is 20.2. The maximum atomic E-state index is 11.3. The van der Waals surface area contributed by atoms with Gasteiger partial charge < -0.3 is 4.74 Å². The number of rotatable bonds is 4. The van der Waals surface area contributed by atoms with Crippen LogP contribution in [0.2, 0.25) is 0 Å². The predicted molar refractivity (Wildman–Crippen MR) is 79.8 cm³/mol. The zero-order valence-corrected chi connectivity index (χ0v) is 11.9. The molecule has 1 aromatic heterocycles. The number of nitrogens with zero attached hydrogens (tertiary/aromatic N) is 2. The second kappa shape index (κ2) is 5.87. The minimum atomic E-state index is 0.152. The van der Waals surface area contributed by atoms with E-state index in [-0.39, 0.29) is 5.78 Å². The second-order valence-electron chi connectivity index (χ2n) is 5.06. The van der Waals surface area contributed by atoms with E-state index in [4.69, 9.17) is 4.74 Å². The molecule has 0 saturated heterocycles. The fourth-order valence-corrected chi connectivity index (χ4v) is 2.25. The van der Waals surface area contributed by atoms with Crippen molar-refractivity contribution in [1.82, 2.24) is 9.97 Å². The first-order valence-electron chi connectivity index (χ1n) is 6.96. The van der Waals surface area contributed by atoms with E-state index in [1.54, 1.807) is 12.3 Å². The fraction of sp³-hybridized carbons (Fsp3) is 0.235. The van der Waals surface area contributed by atoms with Crippen molar-refractivity contribution in [3.63, 3.8) is 0 Å².